The predicted molar refractivity (Wildman–Crippen MR) is 111 cm³/mol. The summed E-state index contributed by atoms with van der Waals surface area (Å²) in [5.41, 5.74) is 0. The van der Waals surface area contributed by atoms with E-state index >= 15 is 0 Å². The topological polar surface area (TPSA) is 65.1 Å². The summed E-state index contributed by atoms with van der Waals surface area (Å²) in [6, 6.07) is 14.9. The lowest BCUT2D eigenvalue weighted by Gasteiger charge is -2.25. The van der Waals surface area contributed by atoms with E-state index in [9.17, 15) is 4.79 Å². The standard InChI is InChI=1S/C24H27NO5/c1-16-13-20(16)21-11-10-19(30-21)15-25(14-18-7-6-12-28-18)24(26)17(2)29-23-9-5-4-8-22(23)27-3/h4-12,16-17,20H,13-15H2,1-3H3. The number of methoxy groups -OCH3 is 1. The van der Waals surface area contributed by atoms with Crippen LogP contribution in [0.4, 0.5) is 0 Å². The summed E-state index contributed by atoms with van der Waals surface area (Å²) in [5, 5.41) is 0. The predicted octanol–water partition coefficient (Wildman–Crippen LogP) is 5.00. The number of carbonyl (C=O) groups is 1. The molecule has 1 aliphatic carbocycles. The maximum Gasteiger partial charge on any atom is 0.264 e. The fourth-order valence-corrected chi connectivity index (χ4v) is 3.60. The fourth-order valence-electron chi connectivity index (χ4n) is 3.60. The van der Waals surface area contributed by atoms with Crippen LogP contribution in [-0.4, -0.2) is 24.0 Å². The van der Waals surface area contributed by atoms with Gasteiger partial charge in [-0.1, -0.05) is 19.1 Å². The van der Waals surface area contributed by atoms with Gasteiger partial charge in [-0.15, -0.1) is 0 Å². The Morgan fingerprint density at radius 2 is 1.83 bits per heavy atom. The quantitative estimate of drug-likeness (QED) is 0.498. The molecule has 1 aliphatic rings. The van der Waals surface area contributed by atoms with Crippen LogP contribution >= 0.6 is 0 Å². The summed E-state index contributed by atoms with van der Waals surface area (Å²) >= 11 is 0. The van der Waals surface area contributed by atoms with Gasteiger partial charge in [-0.2, -0.15) is 0 Å². The van der Waals surface area contributed by atoms with Gasteiger partial charge in [0.25, 0.3) is 5.91 Å². The Bertz CT molecular complexity index is 977. The fraction of sp³-hybridized carbons (Fsp3) is 0.375. The van der Waals surface area contributed by atoms with Gasteiger partial charge in [0, 0.05) is 5.92 Å². The van der Waals surface area contributed by atoms with Gasteiger partial charge in [0.05, 0.1) is 26.5 Å². The van der Waals surface area contributed by atoms with E-state index in [0.717, 1.165) is 17.9 Å². The van der Waals surface area contributed by atoms with Crippen molar-refractivity contribution in [3.8, 4) is 11.5 Å². The van der Waals surface area contributed by atoms with Crippen molar-refractivity contribution >= 4 is 5.91 Å². The number of hydrogen-bond acceptors (Lipinski definition) is 5. The second-order valence-corrected chi connectivity index (χ2v) is 7.81. The van der Waals surface area contributed by atoms with E-state index < -0.39 is 6.10 Å². The number of hydrogen-bond donors (Lipinski definition) is 0. The first-order valence-electron chi connectivity index (χ1n) is 10.2. The summed E-state index contributed by atoms with van der Waals surface area (Å²) in [6.45, 7) is 4.64. The summed E-state index contributed by atoms with van der Waals surface area (Å²) in [4.78, 5) is 15.0. The van der Waals surface area contributed by atoms with Crippen molar-refractivity contribution in [2.24, 2.45) is 5.92 Å². The van der Waals surface area contributed by atoms with Gasteiger partial charge in [-0.05, 0) is 55.7 Å². The highest BCUT2D eigenvalue weighted by Crippen LogP contribution is 2.47. The molecule has 30 heavy (non-hydrogen) atoms. The van der Waals surface area contributed by atoms with E-state index in [4.69, 9.17) is 18.3 Å². The van der Waals surface area contributed by atoms with Gasteiger partial charge in [-0.3, -0.25) is 4.79 Å². The molecule has 0 radical (unpaired) electrons. The third-order valence-electron chi connectivity index (χ3n) is 5.46. The molecule has 0 N–H and O–H groups in total. The van der Waals surface area contributed by atoms with Crippen LogP contribution in [0.2, 0.25) is 0 Å². The minimum absolute atomic E-state index is 0.157. The lowest BCUT2D eigenvalue weighted by atomic mass is 10.2. The highest BCUT2D eigenvalue weighted by molar-refractivity contribution is 5.81. The number of ether oxygens (including phenoxy) is 2. The molecule has 1 saturated carbocycles. The van der Waals surface area contributed by atoms with E-state index in [1.165, 1.54) is 0 Å². The molecule has 4 rings (SSSR count). The lowest BCUT2D eigenvalue weighted by Crippen LogP contribution is -2.39. The Labute approximate surface area is 176 Å². The summed E-state index contributed by atoms with van der Waals surface area (Å²) < 4.78 is 22.7. The van der Waals surface area contributed by atoms with Crippen LogP contribution in [0.15, 0.2) is 63.6 Å². The van der Waals surface area contributed by atoms with Crippen LogP contribution in [0, 0.1) is 5.92 Å². The van der Waals surface area contributed by atoms with E-state index in [0.29, 0.717) is 42.2 Å². The number of para-hydroxylation sites is 2. The first kappa shape index (κ1) is 20.1. The highest BCUT2D eigenvalue weighted by Gasteiger charge is 2.36. The molecule has 0 spiro atoms. The monoisotopic (exact) mass is 409 g/mol. The van der Waals surface area contributed by atoms with Gasteiger partial charge >= 0.3 is 0 Å². The molecule has 6 nitrogen and oxygen atoms in total. The Morgan fingerprint density at radius 1 is 1.10 bits per heavy atom. The van der Waals surface area contributed by atoms with Gasteiger partial charge in [0.2, 0.25) is 0 Å². The number of amides is 1. The first-order chi connectivity index (χ1) is 14.5. The van der Waals surface area contributed by atoms with Gasteiger partial charge in [0.15, 0.2) is 17.6 Å². The van der Waals surface area contributed by atoms with Crippen molar-refractivity contribution in [2.75, 3.05) is 7.11 Å². The molecule has 0 aliphatic heterocycles. The van der Waals surface area contributed by atoms with Gasteiger partial charge in [0.1, 0.15) is 17.3 Å². The number of benzene rings is 1. The van der Waals surface area contributed by atoms with E-state index in [1.54, 1.807) is 37.3 Å². The zero-order valence-corrected chi connectivity index (χ0v) is 17.5. The third kappa shape index (κ3) is 4.53. The smallest absolute Gasteiger partial charge is 0.264 e. The number of furan rings is 2. The average Bonchev–Trinajstić information content (AvgIpc) is 3.14. The molecule has 0 saturated heterocycles. The maximum atomic E-state index is 13.3. The van der Waals surface area contributed by atoms with Gasteiger partial charge < -0.3 is 23.2 Å². The van der Waals surface area contributed by atoms with E-state index in [2.05, 4.69) is 6.92 Å². The summed E-state index contributed by atoms with van der Waals surface area (Å²) in [5.74, 6) is 4.59. The summed E-state index contributed by atoms with van der Waals surface area (Å²) in [6.07, 6.45) is 2.06. The Hall–Kier alpha value is -3.15. The Kier molecular flexibility index (Phi) is 5.84. The van der Waals surface area contributed by atoms with Crippen molar-refractivity contribution in [3.63, 3.8) is 0 Å². The molecular weight excluding hydrogens is 382 g/mol. The van der Waals surface area contributed by atoms with Crippen molar-refractivity contribution < 1.29 is 23.1 Å². The van der Waals surface area contributed by atoms with Crippen molar-refractivity contribution in [2.45, 2.75) is 45.4 Å². The van der Waals surface area contributed by atoms with E-state index in [1.807, 2.05) is 36.4 Å². The average molecular weight is 409 g/mol. The molecule has 158 valence electrons. The molecular formula is C24H27NO5. The van der Waals surface area contributed by atoms with Crippen LogP contribution in [0.1, 0.15) is 43.5 Å². The molecule has 3 aromatic rings. The normalized spacial score (nSPS) is 18.6. The zero-order chi connectivity index (χ0) is 21.1. The molecule has 2 aromatic heterocycles. The lowest BCUT2D eigenvalue weighted by molar-refractivity contribution is -0.139. The molecule has 2 heterocycles. The van der Waals surface area contributed by atoms with Crippen LogP contribution < -0.4 is 9.47 Å². The van der Waals surface area contributed by atoms with Crippen molar-refractivity contribution in [1.29, 1.82) is 0 Å². The van der Waals surface area contributed by atoms with Crippen LogP contribution in [-0.2, 0) is 17.9 Å². The largest absolute Gasteiger partial charge is 0.493 e. The van der Waals surface area contributed by atoms with Crippen molar-refractivity contribution in [1.82, 2.24) is 4.90 Å². The number of carbonyl (C=O) groups excluding carboxylic acids is 1. The van der Waals surface area contributed by atoms with Crippen LogP contribution in [0.5, 0.6) is 11.5 Å². The Morgan fingerprint density at radius 3 is 2.50 bits per heavy atom. The van der Waals surface area contributed by atoms with Crippen LogP contribution in [0.25, 0.3) is 0 Å². The van der Waals surface area contributed by atoms with Gasteiger partial charge in [-0.25, -0.2) is 0 Å². The SMILES string of the molecule is COc1ccccc1OC(C)C(=O)N(Cc1ccco1)Cc1ccc(C2CC2C)o1. The van der Waals surface area contributed by atoms with Crippen LogP contribution in [0.3, 0.4) is 0 Å². The molecule has 0 bridgehead atoms. The summed E-state index contributed by atoms with van der Waals surface area (Å²) in [7, 11) is 1.58. The second kappa shape index (κ2) is 8.69. The third-order valence-corrected chi connectivity index (χ3v) is 5.46. The maximum absolute atomic E-state index is 13.3. The number of nitrogens with zero attached hydrogens (tertiary/aromatic N) is 1. The highest BCUT2D eigenvalue weighted by atomic mass is 16.5. The molecule has 3 atom stereocenters. The number of rotatable bonds is 9. The molecule has 1 aromatic carbocycles. The van der Waals surface area contributed by atoms with Crippen molar-refractivity contribution in [3.05, 3.63) is 72.1 Å². The van der Waals surface area contributed by atoms with E-state index in [-0.39, 0.29) is 5.91 Å². The zero-order valence-electron chi connectivity index (χ0n) is 17.5. The first-order valence-corrected chi connectivity index (χ1v) is 10.2. The minimum Gasteiger partial charge on any atom is -0.493 e. The second-order valence-electron chi connectivity index (χ2n) is 7.81. The minimum atomic E-state index is -0.700. The molecule has 1 fully saturated rings. The molecule has 3 unspecified atom stereocenters. The molecule has 6 heteroatoms. The molecule has 1 amide bonds. The Balaban J connectivity index is 1.49.